The summed E-state index contributed by atoms with van der Waals surface area (Å²) in [6.07, 6.45) is 4.20. The highest BCUT2D eigenvalue weighted by molar-refractivity contribution is 5.67. The van der Waals surface area contributed by atoms with Crippen LogP contribution in [0.3, 0.4) is 0 Å². The number of rotatable bonds is 3. The second-order valence-electron chi connectivity index (χ2n) is 3.12. The lowest BCUT2D eigenvalue weighted by atomic mass is 10.1. The average Bonchev–Trinajstić information content (AvgIpc) is 2.10. The molecular weight excluding hydrogens is 158 g/mol. The van der Waals surface area contributed by atoms with Gasteiger partial charge in [-0.1, -0.05) is 23.8 Å². The minimum Gasteiger partial charge on any atom is -0.385 e. The van der Waals surface area contributed by atoms with E-state index in [1.807, 2.05) is 6.92 Å². The summed E-state index contributed by atoms with van der Waals surface area (Å²) in [6, 6.07) is 6.46. The van der Waals surface area contributed by atoms with Gasteiger partial charge in [0.2, 0.25) is 0 Å². The Morgan fingerprint density at radius 3 is 2.77 bits per heavy atom. The summed E-state index contributed by atoms with van der Waals surface area (Å²) in [5, 5.41) is 3.34. The highest BCUT2D eigenvalue weighted by Gasteiger charge is 1.96. The third-order valence-electron chi connectivity index (χ3n) is 1.92. The van der Waals surface area contributed by atoms with Gasteiger partial charge in [-0.05, 0) is 38.5 Å². The molecule has 1 heteroatoms. The molecular formula is C12H17N. The van der Waals surface area contributed by atoms with Crippen molar-refractivity contribution in [1.29, 1.82) is 0 Å². The molecule has 0 saturated carbocycles. The van der Waals surface area contributed by atoms with Crippen molar-refractivity contribution in [2.24, 2.45) is 0 Å². The van der Waals surface area contributed by atoms with Gasteiger partial charge < -0.3 is 5.32 Å². The Hall–Kier alpha value is -1.24. The lowest BCUT2D eigenvalue weighted by Crippen LogP contribution is -1.98. The Bertz CT molecular complexity index is 300. The van der Waals surface area contributed by atoms with Crippen LogP contribution in [0.25, 0.3) is 6.08 Å². The van der Waals surface area contributed by atoms with Gasteiger partial charge in [-0.25, -0.2) is 0 Å². The Kier molecular flexibility index (Phi) is 3.56. The van der Waals surface area contributed by atoms with E-state index in [1.54, 1.807) is 0 Å². The summed E-state index contributed by atoms with van der Waals surface area (Å²) in [5.74, 6) is 0. The van der Waals surface area contributed by atoms with Crippen molar-refractivity contribution in [3.63, 3.8) is 0 Å². The van der Waals surface area contributed by atoms with Crippen LogP contribution < -0.4 is 5.32 Å². The number of hydrogen-bond donors (Lipinski definition) is 1. The lowest BCUT2D eigenvalue weighted by Gasteiger charge is -2.08. The Balaban J connectivity index is 3.03. The van der Waals surface area contributed by atoms with Crippen molar-refractivity contribution >= 4 is 11.8 Å². The number of nitrogens with one attached hydrogen (secondary N) is 1. The molecule has 70 valence electrons. The van der Waals surface area contributed by atoms with Gasteiger partial charge in [0.05, 0.1) is 0 Å². The van der Waals surface area contributed by atoms with Crippen molar-refractivity contribution in [3.05, 3.63) is 35.4 Å². The molecule has 1 rings (SSSR count). The molecule has 13 heavy (non-hydrogen) atoms. The average molecular weight is 175 g/mol. The largest absolute Gasteiger partial charge is 0.385 e. The summed E-state index contributed by atoms with van der Waals surface area (Å²) in [5.41, 5.74) is 3.78. The highest BCUT2D eigenvalue weighted by atomic mass is 14.9. The number of aryl methyl sites for hydroxylation is 1. The molecule has 0 fully saturated rings. The molecule has 0 spiro atoms. The van der Waals surface area contributed by atoms with E-state index in [9.17, 15) is 0 Å². The van der Waals surface area contributed by atoms with Crippen LogP contribution in [-0.4, -0.2) is 6.54 Å². The predicted molar refractivity (Wildman–Crippen MR) is 60.1 cm³/mol. The number of benzene rings is 1. The topological polar surface area (TPSA) is 12.0 Å². The van der Waals surface area contributed by atoms with E-state index in [0.29, 0.717) is 0 Å². The van der Waals surface area contributed by atoms with Crippen molar-refractivity contribution in [2.75, 3.05) is 11.9 Å². The maximum Gasteiger partial charge on any atom is 0.0413 e. The Morgan fingerprint density at radius 2 is 2.15 bits per heavy atom. The second-order valence-corrected chi connectivity index (χ2v) is 3.12. The van der Waals surface area contributed by atoms with Gasteiger partial charge in [-0.15, -0.1) is 0 Å². The first-order valence-electron chi connectivity index (χ1n) is 4.75. The normalized spacial score (nSPS) is 10.7. The van der Waals surface area contributed by atoms with Crippen molar-refractivity contribution in [3.8, 4) is 0 Å². The third-order valence-corrected chi connectivity index (χ3v) is 1.92. The summed E-state index contributed by atoms with van der Waals surface area (Å²) in [7, 11) is 0. The Labute approximate surface area is 80.5 Å². The van der Waals surface area contributed by atoms with Crippen LogP contribution in [0.15, 0.2) is 24.3 Å². The third kappa shape index (κ3) is 2.62. The van der Waals surface area contributed by atoms with Gasteiger partial charge in [-0.2, -0.15) is 0 Å². The van der Waals surface area contributed by atoms with Gasteiger partial charge >= 0.3 is 0 Å². The molecule has 0 aliphatic carbocycles. The van der Waals surface area contributed by atoms with Gasteiger partial charge in [0.25, 0.3) is 0 Å². The van der Waals surface area contributed by atoms with Crippen LogP contribution in [0.5, 0.6) is 0 Å². The molecule has 0 radical (unpaired) electrons. The smallest absolute Gasteiger partial charge is 0.0413 e. The number of anilines is 1. The van der Waals surface area contributed by atoms with E-state index in [4.69, 9.17) is 0 Å². The minimum absolute atomic E-state index is 0.966. The standard InChI is InChI=1S/C12H17N/c1-4-6-11-9-10(3)7-8-12(11)13-5-2/h4,6-9,13H,5H2,1-3H3/b6-4-. The van der Waals surface area contributed by atoms with Crippen molar-refractivity contribution < 1.29 is 0 Å². The van der Waals surface area contributed by atoms with Gasteiger partial charge in [0, 0.05) is 12.2 Å². The first-order valence-corrected chi connectivity index (χ1v) is 4.75. The first kappa shape index (κ1) is 9.85. The SMILES string of the molecule is C/C=C\c1cc(C)ccc1NCC. The zero-order valence-electron chi connectivity index (χ0n) is 8.59. The van der Waals surface area contributed by atoms with Crippen molar-refractivity contribution in [2.45, 2.75) is 20.8 Å². The number of hydrogen-bond acceptors (Lipinski definition) is 1. The second kappa shape index (κ2) is 4.70. The van der Waals surface area contributed by atoms with Gasteiger partial charge in [-0.3, -0.25) is 0 Å². The molecule has 1 aromatic carbocycles. The minimum atomic E-state index is 0.966. The van der Waals surface area contributed by atoms with Gasteiger partial charge in [0.1, 0.15) is 0 Å². The molecule has 0 aromatic heterocycles. The molecule has 0 unspecified atom stereocenters. The van der Waals surface area contributed by atoms with Gasteiger partial charge in [0.15, 0.2) is 0 Å². The molecule has 0 bridgehead atoms. The van der Waals surface area contributed by atoms with E-state index >= 15 is 0 Å². The molecule has 0 atom stereocenters. The fourth-order valence-corrected chi connectivity index (χ4v) is 1.35. The summed E-state index contributed by atoms with van der Waals surface area (Å²) < 4.78 is 0. The number of allylic oxidation sites excluding steroid dienone is 1. The van der Waals surface area contributed by atoms with Crippen LogP contribution in [0.2, 0.25) is 0 Å². The summed E-state index contributed by atoms with van der Waals surface area (Å²) >= 11 is 0. The predicted octanol–water partition coefficient (Wildman–Crippen LogP) is 3.46. The molecule has 1 aromatic rings. The maximum atomic E-state index is 3.34. The summed E-state index contributed by atoms with van der Waals surface area (Å²) in [6.45, 7) is 7.23. The first-order chi connectivity index (χ1) is 6.27. The molecule has 0 aliphatic heterocycles. The zero-order valence-corrected chi connectivity index (χ0v) is 8.59. The van der Waals surface area contributed by atoms with Crippen LogP contribution in [0, 0.1) is 6.92 Å². The molecule has 0 heterocycles. The fraction of sp³-hybridized carbons (Fsp3) is 0.333. The highest BCUT2D eigenvalue weighted by Crippen LogP contribution is 2.18. The molecule has 0 aliphatic rings. The monoisotopic (exact) mass is 175 g/mol. The van der Waals surface area contributed by atoms with Crippen LogP contribution >= 0.6 is 0 Å². The molecule has 0 saturated heterocycles. The van der Waals surface area contributed by atoms with E-state index in [2.05, 4.69) is 49.5 Å². The van der Waals surface area contributed by atoms with Crippen LogP contribution in [0.1, 0.15) is 25.0 Å². The van der Waals surface area contributed by atoms with Crippen molar-refractivity contribution in [1.82, 2.24) is 0 Å². The zero-order chi connectivity index (χ0) is 9.68. The van der Waals surface area contributed by atoms with E-state index < -0.39 is 0 Å². The van der Waals surface area contributed by atoms with Crippen LogP contribution in [0.4, 0.5) is 5.69 Å². The maximum absolute atomic E-state index is 3.34. The quantitative estimate of drug-likeness (QED) is 0.741. The molecule has 1 N–H and O–H groups in total. The van der Waals surface area contributed by atoms with E-state index in [1.165, 1.54) is 16.8 Å². The molecule has 1 nitrogen and oxygen atoms in total. The molecule has 0 amide bonds. The van der Waals surface area contributed by atoms with Crippen LogP contribution in [-0.2, 0) is 0 Å². The summed E-state index contributed by atoms with van der Waals surface area (Å²) in [4.78, 5) is 0. The van der Waals surface area contributed by atoms with E-state index in [0.717, 1.165) is 6.54 Å². The fourth-order valence-electron chi connectivity index (χ4n) is 1.35. The Morgan fingerprint density at radius 1 is 1.38 bits per heavy atom. The van der Waals surface area contributed by atoms with E-state index in [-0.39, 0.29) is 0 Å². The lowest BCUT2D eigenvalue weighted by molar-refractivity contribution is 1.21.